The maximum atomic E-state index is 12.2. The monoisotopic (exact) mass is 262 g/mol. The Morgan fingerprint density at radius 2 is 2.05 bits per heavy atom. The molecule has 1 heterocycles. The fraction of sp³-hybridized carbons (Fsp3) is 0.533. The molecule has 0 aliphatic carbocycles. The normalized spacial score (nSPS) is 20.8. The minimum absolute atomic E-state index is 0.181. The van der Waals surface area contributed by atoms with Gasteiger partial charge in [0, 0.05) is 25.7 Å². The summed E-state index contributed by atoms with van der Waals surface area (Å²) in [5.74, 6) is 0.181. The lowest BCUT2D eigenvalue weighted by Gasteiger charge is -2.40. The maximum Gasteiger partial charge on any atom is 0.237 e. The first-order valence-corrected chi connectivity index (χ1v) is 6.83. The summed E-state index contributed by atoms with van der Waals surface area (Å²) in [6.45, 7) is 2.23. The van der Waals surface area contributed by atoms with Crippen molar-refractivity contribution in [3.63, 3.8) is 0 Å². The minimum Gasteiger partial charge on any atom is -0.396 e. The van der Waals surface area contributed by atoms with Gasteiger partial charge in [-0.1, -0.05) is 30.3 Å². The fourth-order valence-corrected chi connectivity index (χ4v) is 2.62. The number of nitrogens with zero attached hydrogens (tertiary/aromatic N) is 2. The van der Waals surface area contributed by atoms with E-state index in [1.165, 1.54) is 0 Å². The third-order valence-corrected chi connectivity index (χ3v) is 3.58. The zero-order valence-electron chi connectivity index (χ0n) is 11.5. The van der Waals surface area contributed by atoms with Crippen LogP contribution in [0, 0.1) is 0 Å². The van der Waals surface area contributed by atoms with E-state index in [2.05, 4.69) is 17.0 Å². The van der Waals surface area contributed by atoms with Gasteiger partial charge in [0.05, 0.1) is 6.54 Å². The van der Waals surface area contributed by atoms with Gasteiger partial charge in [-0.15, -0.1) is 0 Å². The van der Waals surface area contributed by atoms with E-state index in [0.717, 1.165) is 24.9 Å². The summed E-state index contributed by atoms with van der Waals surface area (Å²) >= 11 is 0. The molecule has 104 valence electrons. The molecule has 0 spiro atoms. The summed E-state index contributed by atoms with van der Waals surface area (Å²) in [7, 11) is 1.98. The van der Waals surface area contributed by atoms with Crippen molar-refractivity contribution in [2.24, 2.45) is 0 Å². The van der Waals surface area contributed by atoms with Gasteiger partial charge in [0.2, 0.25) is 5.91 Å². The van der Waals surface area contributed by atoms with E-state index in [4.69, 9.17) is 5.11 Å². The SMILES string of the molecule is CN1CC(=O)N(Cc2ccccc2)C(CCCO)C1. The molecule has 1 N–H and O–H groups in total. The standard InChI is InChI=1S/C15H22N2O2/c1-16-11-14(8-5-9-18)17(15(19)12-16)10-13-6-3-2-4-7-13/h2-4,6-7,14,18H,5,8-12H2,1H3. The molecule has 2 rings (SSSR count). The van der Waals surface area contributed by atoms with Gasteiger partial charge in [0.15, 0.2) is 0 Å². The summed E-state index contributed by atoms with van der Waals surface area (Å²) in [6.07, 6.45) is 1.61. The molecule has 1 amide bonds. The first-order valence-electron chi connectivity index (χ1n) is 6.83. The van der Waals surface area contributed by atoms with Crippen LogP contribution in [0.25, 0.3) is 0 Å². The Labute approximate surface area is 114 Å². The van der Waals surface area contributed by atoms with Crippen molar-refractivity contribution in [1.82, 2.24) is 9.80 Å². The molecule has 0 bridgehead atoms. The number of rotatable bonds is 5. The van der Waals surface area contributed by atoms with Crippen LogP contribution in [-0.2, 0) is 11.3 Å². The van der Waals surface area contributed by atoms with Crippen molar-refractivity contribution in [2.45, 2.75) is 25.4 Å². The third-order valence-electron chi connectivity index (χ3n) is 3.58. The number of hydrogen-bond donors (Lipinski definition) is 1. The second-order valence-corrected chi connectivity index (χ2v) is 5.22. The molecule has 1 saturated heterocycles. The van der Waals surface area contributed by atoms with Crippen LogP contribution < -0.4 is 0 Å². The third kappa shape index (κ3) is 3.78. The van der Waals surface area contributed by atoms with Gasteiger partial charge in [-0.05, 0) is 25.5 Å². The minimum atomic E-state index is 0.181. The average Bonchev–Trinajstić information content (AvgIpc) is 2.41. The van der Waals surface area contributed by atoms with Crippen molar-refractivity contribution >= 4 is 5.91 Å². The zero-order valence-corrected chi connectivity index (χ0v) is 11.5. The van der Waals surface area contributed by atoms with Gasteiger partial charge in [0.1, 0.15) is 0 Å². The number of aliphatic hydroxyl groups is 1. The number of likely N-dealkylation sites (N-methyl/N-ethyl adjacent to an activating group) is 1. The molecule has 1 aliphatic heterocycles. The maximum absolute atomic E-state index is 12.2. The molecule has 1 aromatic rings. The highest BCUT2D eigenvalue weighted by Crippen LogP contribution is 2.17. The van der Waals surface area contributed by atoms with Crippen LogP contribution >= 0.6 is 0 Å². The summed E-state index contributed by atoms with van der Waals surface area (Å²) in [6, 6.07) is 10.3. The molecular formula is C15H22N2O2. The Kier molecular flexibility index (Phi) is 4.93. The lowest BCUT2D eigenvalue weighted by Crippen LogP contribution is -2.54. The highest BCUT2D eigenvalue weighted by Gasteiger charge is 2.30. The number of benzene rings is 1. The molecular weight excluding hydrogens is 240 g/mol. The molecule has 1 aliphatic rings. The van der Waals surface area contributed by atoms with Gasteiger partial charge < -0.3 is 10.0 Å². The average molecular weight is 262 g/mol. The van der Waals surface area contributed by atoms with Crippen molar-refractivity contribution in [1.29, 1.82) is 0 Å². The van der Waals surface area contributed by atoms with Crippen LogP contribution in [0.1, 0.15) is 18.4 Å². The van der Waals surface area contributed by atoms with Crippen molar-refractivity contribution in [2.75, 3.05) is 26.7 Å². The van der Waals surface area contributed by atoms with E-state index in [1.54, 1.807) is 0 Å². The number of amides is 1. The highest BCUT2D eigenvalue weighted by atomic mass is 16.3. The Balaban J connectivity index is 2.06. The van der Waals surface area contributed by atoms with E-state index < -0.39 is 0 Å². The molecule has 4 heteroatoms. The van der Waals surface area contributed by atoms with Crippen LogP contribution in [0.3, 0.4) is 0 Å². The second kappa shape index (κ2) is 6.68. The molecule has 0 saturated carbocycles. The van der Waals surface area contributed by atoms with Gasteiger partial charge in [-0.2, -0.15) is 0 Å². The lowest BCUT2D eigenvalue weighted by atomic mass is 10.0. The summed E-state index contributed by atoms with van der Waals surface area (Å²) in [4.78, 5) is 16.2. The van der Waals surface area contributed by atoms with E-state index in [1.807, 2.05) is 30.1 Å². The quantitative estimate of drug-likeness (QED) is 0.864. The molecule has 19 heavy (non-hydrogen) atoms. The molecule has 1 atom stereocenters. The van der Waals surface area contributed by atoms with Crippen molar-refractivity contribution in [3.8, 4) is 0 Å². The van der Waals surface area contributed by atoms with E-state index in [9.17, 15) is 4.79 Å². The first-order chi connectivity index (χ1) is 9.20. The molecule has 1 unspecified atom stereocenters. The van der Waals surface area contributed by atoms with Gasteiger partial charge >= 0.3 is 0 Å². The van der Waals surface area contributed by atoms with Gasteiger partial charge in [-0.25, -0.2) is 0 Å². The Morgan fingerprint density at radius 1 is 1.32 bits per heavy atom. The molecule has 1 aromatic carbocycles. The Morgan fingerprint density at radius 3 is 2.74 bits per heavy atom. The summed E-state index contributed by atoms with van der Waals surface area (Å²) in [5.41, 5.74) is 1.16. The molecule has 4 nitrogen and oxygen atoms in total. The highest BCUT2D eigenvalue weighted by molar-refractivity contribution is 5.79. The van der Waals surface area contributed by atoms with Gasteiger partial charge in [0.25, 0.3) is 0 Å². The van der Waals surface area contributed by atoms with Gasteiger partial charge in [-0.3, -0.25) is 9.69 Å². The predicted molar refractivity (Wildman–Crippen MR) is 74.6 cm³/mol. The Bertz CT molecular complexity index is 408. The first kappa shape index (κ1) is 14.0. The number of carbonyl (C=O) groups is 1. The van der Waals surface area contributed by atoms with Crippen LogP contribution in [0.2, 0.25) is 0 Å². The molecule has 1 fully saturated rings. The van der Waals surface area contributed by atoms with E-state index in [0.29, 0.717) is 13.1 Å². The molecule has 0 radical (unpaired) electrons. The topological polar surface area (TPSA) is 43.8 Å². The van der Waals surface area contributed by atoms with E-state index in [-0.39, 0.29) is 18.6 Å². The van der Waals surface area contributed by atoms with Crippen LogP contribution in [0.15, 0.2) is 30.3 Å². The van der Waals surface area contributed by atoms with Crippen molar-refractivity contribution < 1.29 is 9.90 Å². The smallest absolute Gasteiger partial charge is 0.237 e. The second-order valence-electron chi connectivity index (χ2n) is 5.22. The van der Waals surface area contributed by atoms with Crippen LogP contribution in [0.5, 0.6) is 0 Å². The van der Waals surface area contributed by atoms with E-state index >= 15 is 0 Å². The lowest BCUT2D eigenvalue weighted by molar-refractivity contribution is -0.140. The number of piperazine rings is 1. The summed E-state index contributed by atoms with van der Waals surface area (Å²) in [5, 5.41) is 8.99. The van der Waals surface area contributed by atoms with Crippen LogP contribution in [0.4, 0.5) is 0 Å². The number of carbonyl (C=O) groups excluding carboxylic acids is 1. The zero-order chi connectivity index (χ0) is 13.7. The summed E-state index contributed by atoms with van der Waals surface area (Å²) < 4.78 is 0. The number of hydrogen-bond acceptors (Lipinski definition) is 3. The predicted octanol–water partition coefficient (Wildman–Crippen LogP) is 1.10. The fourth-order valence-electron chi connectivity index (χ4n) is 2.62. The number of aliphatic hydroxyl groups excluding tert-OH is 1. The molecule has 0 aromatic heterocycles. The Hall–Kier alpha value is -1.39. The van der Waals surface area contributed by atoms with Crippen molar-refractivity contribution in [3.05, 3.63) is 35.9 Å². The largest absolute Gasteiger partial charge is 0.396 e. The van der Waals surface area contributed by atoms with Crippen LogP contribution in [-0.4, -0.2) is 53.6 Å².